The van der Waals surface area contributed by atoms with Gasteiger partial charge in [0.25, 0.3) is 0 Å². The molecule has 0 saturated heterocycles. The highest BCUT2D eigenvalue weighted by Crippen LogP contribution is 2.35. The van der Waals surface area contributed by atoms with Crippen LogP contribution in [0.3, 0.4) is 0 Å². The van der Waals surface area contributed by atoms with E-state index in [1.165, 1.54) is 30.0 Å². The molecule has 1 aromatic heterocycles. The molecule has 1 aliphatic rings. The third-order valence-corrected chi connectivity index (χ3v) is 6.87. The Balaban J connectivity index is 1.83. The number of fused-ring (bicyclic) bond motifs is 1. The molecular formula is C16H20N4O5S3. The lowest BCUT2D eigenvalue weighted by molar-refractivity contribution is -0.116. The summed E-state index contributed by atoms with van der Waals surface area (Å²) in [6.45, 7) is 4.31. The third kappa shape index (κ3) is 4.67. The summed E-state index contributed by atoms with van der Waals surface area (Å²) in [6, 6.07) is 3.76. The molecule has 12 heteroatoms. The first-order valence-corrected chi connectivity index (χ1v) is 12.1. The zero-order chi connectivity index (χ0) is 20.3. The number of carbonyl (C=O) groups excluding carboxylic acids is 1. The number of benzene rings is 1. The Morgan fingerprint density at radius 2 is 2.04 bits per heavy atom. The number of anilines is 2. The Labute approximate surface area is 171 Å². The number of hydrogen-bond donors (Lipinski definition) is 1. The zero-order valence-corrected chi connectivity index (χ0v) is 18.0. The zero-order valence-electron chi connectivity index (χ0n) is 15.5. The summed E-state index contributed by atoms with van der Waals surface area (Å²) in [5, 5.41) is 10.9. The average Bonchev–Trinajstić information content (AvgIpc) is 3.08. The molecule has 0 saturated carbocycles. The first-order valence-electron chi connectivity index (χ1n) is 8.46. The summed E-state index contributed by atoms with van der Waals surface area (Å²) in [6.07, 6.45) is 1.05. The number of carbonyl (C=O) groups is 1. The van der Waals surface area contributed by atoms with Gasteiger partial charge in [-0.05, 0) is 24.8 Å². The molecule has 28 heavy (non-hydrogen) atoms. The van der Waals surface area contributed by atoms with Crippen molar-refractivity contribution in [3.63, 3.8) is 0 Å². The van der Waals surface area contributed by atoms with Crippen molar-refractivity contribution in [3.05, 3.63) is 18.2 Å². The SMILES string of the molecule is CCSc1nnc(NC(=O)C(C)N(c2ccc3c(c2)OCCO3)S(C)(=O)=O)s1. The van der Waals surface area contributed by atoms with E-state index in [-0.39, 0.29) is 0 Å². The van der Waals surface area contributed by atoms with Gasteiger partial charge in [-0.15, -0.1) is 10.2 Å². The van der Waals surface area contributed by atoms with Gasteiger partial charge in [0.2, 0.25) is 21.1 Å². The van der Waals surface area contributed by atoms with Crippen molar-refractivity contribution in [2.45, 2.75) is 24.2 Å². The number of sulfonamides is 1. The van der Waals surface area contributed by atoms with E-state index in [0.717, 1.165) is 20.7 Å². The van der Waals surface area contributed by atoms with Gasteiger partial charge in [-0.2, -0.15) is 0 Å². The molecule has 9 nitrogen and oxygen atoms in total. The highest BCUT2D eigenvalue weighted by atomic mass is 32.2. The van der Waals surface area contributed by atoms with Crippen molar-refractivity contribution in [2.75, 3.05) is 34.8 Å². The topological polar surface area (TPSA) is 111 Å². The van der Waals surface area contributed by atoms with E-state index in [2.05, 4.69) is 15.5 Å². The van der Waals surface area contributed by atoms with E-state index in [1.54, 1.807) is 18.2 Å². The molecule has 1 aliphatic heterocycles. The van der Waals surface area contributed by atoms with Crippen LogP contribution in [0.4, 0.5) is 10.8 Å². The molecule has 1 amide bonds. The number of hydrogen-bond acceptors (Lipinski definition) is 9. The summed E-state index contributed by atoms with van der Waals surface area (Å²) in [7, 11) is -3.75. The van der Waals surface area contributed by atoms with Crippen LogP contribution in [0.1, 0.15) is 13.8 Å². The molecule has 0 bridgehead atoms. The maximum absolute atomic E-state index is 12.7. The maximum Gasteiger partial charge on any atom is 0.249 e. The molecule has 0 fully saturated rings. The molecule has 1 atom stereocenters. The van der Waals surface area contributed by atoms with Gasteiger partial charge in [-0.3, -0.25) is 14.4 Å². The van der Waals surface area contributed by atoms with Crippen molar-refractivity contribution in [2.24, 2.45) is 0 Å². The van der Waals surface area contributed by atoms with Crippen molar-refractivity contribution >= 4 is 49.8 Å². The minimum absolute atomic E-state index is 0.314. The fourth-order valence-electron chi connectivity index (χ4n) is 2.63. The van der Waals surface area contributed by atoms with Crippen molar-refractivity contribution < 1.29 is 22.7 Å². The van der Waals surface area contributed by atoms with E-state index >= 15 is 0 Å². The molecule has 1 N–H and O–H groups in total. The summed E-state index contributed by atoms with van der Waals surface area (Å²) < 4.78 is 37.6. The number of ether oxygens (including phenoxy) is 2. The molecule has 0 spiro atoms. The number of thioether (sulfide) groups is 1. The van der Waals surface area contributed by atoms with Gasteiger partial charge in [0.1, 0.15) is 19.3 Å². The van der Waals surface area contributed by atoms with E-state index in [9.17, 15) is 13.2 Å². The standard InChI is InChI=1S/C16H20N4O5S3/c1-4-26-16-19-18-15(27-16)17-14(21)10(2)20(28(3,22)23)11-5-6-12-13(9-11)25-8-7-24-12/h5-6,9-10H,4,7-8H2,1-3H3,(H,17,18,21). The molecular weight excluding hydrogens is 424 g/mol. The van der Waals surface area contributed by atoms with Crippen LogP contribution in [0, 0.1) is 0 Å². The average molecular weight is 445 g/mol. The number of nitrogens with one attached hydrogen (secondary N) is 1. The fourth-order valence-corrected chi connectivity index (χ4v) is 5.45. The van der Waals surface area contributed by atoms with Gasteiger partial charge in [-0.1, -0.05) is 30.0 Å². The third-order valence-electron chi connectivity index (χ3n) is 3.77. The summed E-state index contributed by atoms with van der Waals surface area (Å²) in [5.74, 6) is 1.31. The smallest absolute Gasteiger partial charge is 0.249 e. The van der Waals surface area contributed by atoms with Crippen LogP contribution in [0.15, 0.2) is 22.5 Å². The Morgan fingerprint density at radius 1 is 1.32 bits per heavy atom. The molecule has 0 radical (unpaired) electrons. The van der Waals surface area contributed by atoms with Crippen LogP contribution in [0.2, 0.25) is 0 Å². The molecule has 152 valence electrons. The number of rotatable bonds is 7. The molecule has 2 aromatic rings. The van der Waals surface area contributed by atoms with E-state index in [0.29, 0.717) is 35.5 Å². The molecule has 0 aliphatic carbocycles. The van der Waals surface area contributed by atoms with Gasteiger partial charge in [0, 0.05) is 6.07 Å². The summed E-state index contributed by atoms with van der Waals surface area (Å²) in [4.78, 5) is 12.7. The van der Waals surface area contributed by atoms with Crippen LogP contribution < -0.4 is 19.1 Å². The Kier molecular flexibility index (Phi) is 6.30. The first-order chi connectivity index (χ1) is 13.3. The highest BCUT2D eigenvalue weighted by Gasteiger charge is 2.30. The van der Waals surface area contributed by atoms with Crippen LogP contribution >= 0.6 is 23.1 Å². The largest absolute Gasteiger partial charge is 0.486 e. The summed E-state index contributed by atoms with van der Waals surface area (Å²) in [5.41, 5.74) is 0.314. The minimum Gasteiger partial charge on any atom is -0.486 e. The van der Waals surface area contributed by atoms with Crippen molar-refractivity contribution in [1.29, 1.82) is 0 Å². The predicted molar refractivity (Wildman–Crippen MR) is 109 cm³/mol. The van der Waals surface area contributed by atoms with E-state index in [1.807, 2.05) is 6.92 Å². The van der Waals surface area contributed by atoms with E-state index < -0.39 is 22.0 Å². The van der Waals surface area contributed by atoms with Gasteiger partial charge in [0.05, 0.1) is 11.9 Å². The van der Waals surface area contributed by atoms with Gasteiger partial charge in [0.15, 0.2) is 15.8 Å². The van der Waals surface area contributed by atoms with Crippen LogP contribution in [0.5, 0.6) is 11.5 Å². The second-order valence-electron chi connectivity index (χ2n) is 5.86. The lowest BCUT2D eigenvalue weighted by Gasteiger charge is -2.29. The number of amides is 1. The number of aromatic nitrogens is 2. The van der Waals surface area contributed by atoms with Crippen molar-refractivity contribution in [3.8, 4) is 11.5 Å². The molecule has 1 aromatic carbocycles. The molecule has 2 heterocycles. The molecule has 3 rings (SSSR count). The molecule has 1 unspecified atom stereocenters. The fraction of sp³-hybridized carbons (Fsp3) is 0.438. The Bertz CT molecular complexity index is 963. The van der Waals surface area contributed by atoms with Gasteiger partial charge < -0.3 is 9.47 Å². The highest BCUT2D eigenvalue weighted by molar-refractivity contribution is 8.01. The van der Waals surface area contributed by atoms with E-state index in [4.69, 9.17) is 9.47 Å². The second-order valence-corrected chi connectivity index (χ2v) is 10.2. The monoisotopic (exact) mass is 444 g/mol. The van der Waals surface area contributed by atoms with Crippen molar-refractivity contribution in [1.82, 2.24) is 10.2 Å². The number of nitrogens with zero attached hydrogens (tertiary/aromatic N) is 3. The minimum atomic E-state index is -3.75. The maximum atomic E-state index is 12.7. The normalized spacial score (nSPS) is 14.4. The Hall–Kier alpha value is -2.05. The second kappa shape index (κ2) is 8.53. The summed E-state index contributed by atoms with van der Waals surface area (Å²) >= 11 is 2.75. The van der Waals surface area contributed by atoms with Gasteiger partial charge >= 0.3 is 0 Å². The van der Waals surface area contributed by atoms with Gasteiger partial charge in [-0.25, -0.2) is 8.42 Å². The quantitative estimate of drug-likeness (QED) is 0.511. The van der Waals surface area contributed by atoms with Crippen LogP contribution in [-0.4, -0.2) is 55.8 Å². The first kappa shape index (κ1) is 20.7. The Morgan fingerprint density at radius 3 is 2.71 bits per heavy atom. The predicted octanol–water partition coefficient (Wildman–Crippen LogP) is 2.21. The van der Waals surface area contributed by atoms with Crippen LogP contribution in [-0.2, 0) is 14.8 Å². The van der Waals surface area contributed by atoms with Crippen LogP contribution in [0.25, 0.3) is 0 Å². The lowest BCUT2D eigenvalue weighted by Crippen LogP contribution is -2.45. The lowest BCUT2D eigenvalue weighted by atomic mass is 10.2.